The van der Waals surface area contributed by atoms with Gasteiger partial charge in [0.1, 0.15) is 5.58 Å². The van der Waals surface area contributed by atoms with Crippen molar-refractivity contribution in [1.29, 1.82) is 0 Å². The summed E-state index contributed by atoms with van der Waals surface area (Å²) in [6, 6.07) is 7.22. The van der Waals surface area contributed by atoms with Crippen molar-refractivity contribution in [2.75, 3.05) is 0 Å². The minimum absolute atomic E-state index is 0.0144. The Morgan fingerprint density at radius 2 is 2.06 bits per heavy atom. The lowest BCUT2D eigenvalue weighted by Gasteiger charge is -2.05. The largest absolute Gasteiger partial charge is 0.434 e. The van der Waals surface area contributed by atoms with E-state index in [1.165, 1.54) is 0 Å². The summed E-state index contributed by atoms with van der Waals surface area (Å²) in [5.74, 6) is 0.331. The molecule has 80 valence electrons. The standard InChI is InChI=1S/C13H10O3/c14-12-9-5-1-2-7-11(9)16-13-10(12)6-3-4-8-15-13/h1-2,4-5,7-8H,3,6H2. The van der Waals surface area contributed by atoms with E-state index < -0.39 is 0 Å². The van der Waals surface area contributed by atoms with Gasteiger partial charge in [-0.15, -0.1) is 0 Å². The van der Waals surface area contributed by atoms with Crippen LogP contribution in [0.5, 0.6) is 5.95 Å². The maximum atomic E-state index is 12.2. The second kappa shape index (κ2) is 3.52. The first kappa shape index (κ1) is 9.21. The average molecular weight is 214 g/mol. The first-order valence-corrected chi connectivity index (χ1v) is 5.22. The third-order valence-corrected chi connectivity index (χ3v) is 2.69. The molecule has 0 saturated heterocycles. The van der Waals surface area contributed by atoms with Crippen molar-refractivity contribution in [3.63, 3.8) is 0 Å². The van der Waals surface area contributed by atoms with Gasteiger partial charge >= 0.3 is 0 Å². The van der Waals surface area contributed by atoms with Gasteiger partial charge in [-0.25, -0.2) is 0 Å². The molecule has 0 fully saturated rings. The van der Waals surface area contributed by atoms with Crippen LogP contribution in [0.1, 0.15) is 12.0 Å². The Balaban J connectivity index is 2.37. The number of hydrogen-bond acceptors (Lipinski definition) is 3. The Labute approximate surface area is 92.0 Å². The van der Waals surface area contributed by atoms with E-state index in [4.69, 9.17) is 9.15 Å². The van der Waals surface area contributed by atoms with E-state index in [2.05, 4.69) is 0 Å². The van der Waals surface area contributed by atoms with E-state index in [1.54, 1.807) is 18.4 Å². The summed E-state index contributed by atoms with van der Waals surface area (Å²) in [5.41, 5.74) is 1.21. The van der Waals surface area contributed by atoms with Gasteiger partial charge in [0, 0.05) is 0 Å². The van der Waals surface area contributed by atoms with Gasteiger partial charge in [0.25, 0.3) is 5.95 Å². The van der Waals surface area contributed by atoms with Crippen LogP contribution in [0, 0.1) is 0 Å². The molecule has 0 unspecified atom stereocenters. The average Bonchev–Trinajstić information content (AvgIpc) is 2.55. The summed E-state index contributed by atoms with van der Waals surface area (Å²) in [5, 5.41) is 0.617. The number of benzene rings is 1. The molecule has 0 atom stereocenters. The normalized spacial score (nSPS) is 14.2. The number of para-hydroxylation sites is 1. The molecule has 2 aromatic rings. The van der Waals surface area contributed by atoms with Crippen LogP contribution in [0.2, 0.25) is 0 Å². The van der Waals surface area contributed by atoms with Crippen molar-refractivity contribution >= 4 is 11.0 Å². The van der Waals surface area contributed by atoms with Gasteiger partial charge in [-0.1, -0.05) is 12.1 Å². The van der Waals surface area contributed by atoms with Gasteiger partial charge in [-0.2, -0.15) is 0 Å². The van der Waals surface area contributed by atoms with E-state index in [9.17, 15) is 4.79 Å². The van der Waals surface area contributed by atoms with E-state index in [0.29, 0.717) is 28.9 Å². The molecule has 1 aliphatic rings. The maximum Gasteiger partial charge on any atom is 0.297 e. The van der Waals surface area contributed by atoms with Crippen LogP contribution in [-0.2, 0) is 6.42 Å². The zero-order valence-electron chi connectivity index (χ0n) is 8.60. The molecule has 1 aliphatic heterocycles. The summed E-state index contributed by atoms with van der Waals surface area (Å²) in [6.07, 6.45) is 4.93. The second-order valence-corrected chi connectivity index (χ2v) is 3.72. The predicted molar refractivity (Wildman–Crippen MR) is 60.6 cm³/mol. The second-order valence-electron chi connectivity index (χ2n) is 3.72. The summed E-state index contributed by atoms with van der Waals surface area (Å²) >= 11 is 0. The highest BCUT2D eigenvalue weighted by Gasteiger charge is 2.15. The fourth-order valence-electron chi connectivity index (χ4n) is 1.88. The van der Waals surface area contributed by atoms with Crippen molar-refractivity contribution in [2.24, 2.45) is 0 Å². The Morgan fingerprint density at radius 3 is 3.00 bits per heavy atom. The summed E-state index contributed by atoms with van der Waals surface area (Å²) in [6.45, 7) is 0. The smallest absolute Gasteiger partial charge is 0.297 e. The van der Waals surface area contributed by atoms with Gasteiger partial charge in [0.15, 0.2) is 5.43 Å². The molecule has 0 amide bonds. The molecule has 1 aromatic heterocycles. The summed E-state index contributed by atoms with van der Waals surface area (Å²) < 4.78 is 10.9. The lowest BCUT2D eigenvalue weighted by molar-refractivity contribution is 0.349. The van der Waals surface area contributed by atoms with Crippen LogP contribution < -0.4 is 10.2 Å². The van der Waals surface area contributed by atoms with Gasteiger partial charge in [-0.3, -0.25) is 4.79 Å². The number of rotatable bonds is 0. The van der Waals surface area contributed by atoms with Crippen LogP contribution in [0.15, 0.2) is 45.8 Å². The molecule has 0 aliphatic carbocycles. The first-order chi connectivity index (χ1) is 7.86. The van der Waals surface area contributed by atoms with Gasteiger partial charge in [0.05, 0.1) is 17.2 Å². The highest BCUT2D eigenvalue weighted by atomic mass is 16.6. The SMILES string of the molecule is O=c1c2c(oc3ccccc13)OC=CCC2. The molecule has 1 aromatic carbocycles. The lowest BCUT2D eigenvalue weighted by atomic mass is 10.1. The van der Waals surface area contributed by atoms with E-state index in [1.807, 2.05) is 18.2 Å². The third-order valence-electron chi connectivity index (χ3n) is 2.69. The van der Waals surface area contributed by atoms with E-state index in [0.717, 1.165) is 6.42 Å². The zero-order chi connectivity index (χ0) is 11.0. The molecule has 0 radical (unpaired) electrons. The van der Waals surface area contributed by atoms with Crippen LogP contribution in [0.25, 0.3) is 11.0 Å². The fourth-order valence-corrected chi connectivity index (χ4v) is 1.88. The summed E-state index contributed by atoms with van der Waals surface area (Å²) in [4.78, 5) is 12.2. The molecule has 0 N–H and O–H groups in total. The highest BCUT2D eigenvalue weighted by molar-refractivity contribution is 5.77. The minimum Gasteiger partial charge on any atom is -0.434 e. The first-order valence-electron chi connectivity index (χ1n) is 5.22. The molecular weight excluding hydrogens is 204 g/mol. The van der Waals surface area contributed by atoms with Crippen LogP contribution in [0.4, 0.5) is 0 Å². The fraction of sp³-hybridized carbons (Fsp3) is 0.154. The van der Waals surface area contributed by atoms with E-state index in [-0.39, 0.29) is 5.43 Å². The molecule has 0 saturated carbocycles. The predicted octanol–water partition coefficient (Wildman–Crippen LogP) is 2.63. The lowest BCUT2D eigenvalue weighted by Crippen LogP contribution is -2.09. The van der Waals surface area contributed by atoms with Crippen LogP contribution in [-0.4, -0.2) is 0 Å². The van der Waals surface area contributed by atoms with Crippen LogP contribution >= 0.6 is 0 Å². The Hall–Kier alpha value is -2.03. The van der Waals surface area contributed by atoms with Crippen LogP contribution in [0.3, 0.4) is 0 Å². The molecule has 0 spiro atoms. The number of fused-ring (bicyclic) bond motifs is 2. The number of hydrogen-bond donors (Lipinski definition) is 0. The molecule has 3 heteroatoms. The molecular formula is C13H10O3. The highest BCUT2D eigenvalue weighted by Crippen LogP contribution is 2.24. The van der Waals surface area contributed by atoms with Crippen molar-refractivity contribution in [3.8, 4) is 5.95 Å². The molecule has 3 rings (SSSR count). The Bertz CT molecular complexity index is 623. The minimum atomic E-state index is 0.0144. The quantitative estimate of drug-likeness (QED) is 0.676. The van der Waals surface area contributed by atoms with Crippen molar-refractivity contribution in [1.82, 2.24) is 0 Å². The van der Waals surface area contributed by atoms with Gasteiger partial charge in [0.2, 0.25) is 0 Å². The third kappa shape index (κ3) is 1.33. The monoisotopic (exact) mass is 214 g/mol. The Morgan fingerprint density at radius 1 is 1.19 bits per heavy atom. The maximum absolute atomic E-state index is 12.2. The summed E-state index contributed by atoms with van der Waals surface area (Å²) in [7, 11) is 0. The number of ether oxygens (including phenoxy) is 1. The van der Waals surface area contributed by atoms with Crippen molar-refractivity contribution in [2.45, 2.75) is 12.8 Å². The van der Waals surface area contributed by atoms with Crippen molar-refractivity contribution in [3.05, 3.63) is 52.4 Å². The van der Waals surface area contributed by atoms with Crippen molar-refractivity contribution < 1.29 is 9.15 Å². The van der Waals surface area contributed by atoms with E-state index >= 15 is 0 Å². The Kier molecular flexibility index (Phi) is 2.03. The van der Waals surface area contributed by atoms with Gasteiger partial charge < -0.3 is 9.15 Å². The number of allylic oxidation sites excluding steroid dienone is 1. The molecule has 16 heavy (non-hydrogen) atoms. The molecule has 2 heterocycles. The molecule has 3 nitrogen and oxygen atoms in total. The zero-order valence-corrected chi connectivity index (χ0v) is 8.60. The molecule has 0 bridgehead atoms. The topological polar surface area (TPSA) is 39.4 Å². The van der Waals surface area contributed by atoms with Gasteiger partial charge in [-0.05, 0) is 31.1 Å².